The number of hydrogen-bond donors (Lipinski definition) is 1. The third-order valence-electron chi connectivity index (χ3n) is 4.09. The Morgan fingerprint density at radius 2 is 2.12 bits per heavy atom. The van der Waals surface area contributed by atoms with Crippen LogP contribution >= 0.6 is 11.8 Å². The van der Waals surface area contributed by atoms with E-state index in [2.05, 4.69) is 37.6 Å². The van der Waals surface area contributed by atoms with Gasteiger partial charge in [-0.25, -0.2) is 0 Å². The summed E-state index contributed by atoms with van der Waals surface area (Å²) in [5.41, 5.74) is 5.69. The summed E-state index contributed by atoms with van der Waals surface area (Å²) >= 11 is 2.11. The summed E-state index contributed by atoms with van der Waals surface area (Å²) in [5.74, 6) is 4.31. The first-order valence-electron chi connectivity index (χ1n) is 7.13. The molecule has 102 valence electrons. The molecule has 0 bridgehead atoms. The van der Waals surface area contributed by atoms with E-state index in [0.29, 0.717) is 0 Å². The first kappa shape index (κ1) is 15.3. The topological polar surface area (TPSA) is 29.3 Å². The van der Waals surface area contributed by atoms with Crippen molar-refractivity contribution >= 4 is 11.8 Å². The van der Waals surface area contributed by atoms with Crippen LogP contribution in [-0.4, -0.2) is 42.6 Å². The van der Waals surface area contributed by atoms with Gasteiger partial charge in [0, 0.05) is 11.8 Å². The Labute approximate surface area is 112 Å². The average molecular weight is 258 g/mol. The molecule has 2 N–H and O–H groups in total. The smallest absolute Gasteiger partial charge is 0.0191 e. The van der Waals surface area contributed by atoms with Gasteiger partial charge in [0.25, 0.3) is 0 Å². The van der Waals surface area contributed by atoms with Crippen molar-refractivity contribution in [2.75, 3.05) is 31.6 Å². The normalized spacial score (nSPS) is 22.6. The summed E-state index contributed by atoms with van der Waals surface area (Å²) in [6.07, 6.45) is 5.26. The van der Waals surface area contributed by atoms with E-state index in [4.69, 9.17) is 5.73 Å². The first-order chi connectivity index (χ1) is 8.15. The largest absolute Gasteiger partial charge is 0.330 e. The second-order valence-corrected chi connectivity index (χ2v) is 6.87. The van der Waals surface area contributed by atoms with Crippen LogP contribution in [-0.2, 0) is 0 Å². The van der Waals surface area contributed by atoms with E-state index < -0.39 is 0 Å². The quantitative estimate of drug-likeness (QED) is 0.726. The van der Waals surface area contributed by atoms with Gasteiger partial charge in [0.2, 0.25) is 0 Å². The first-order valence-corrected chi connectivity index (χ1v) is 8.28. The highest BCUT2D eigenvalue weighted by Gasteiger charge is 2.20. The summed E-state index contributed by atoms with van der Waals surface area (Å²) < 4.78 is 0. The number of nitrogens with two attached hydrogens (primary N) is 1. The predicted molar refractivity (Wildman–Crippen MR) is 79.6 cm³/mol. The molecule has 1 saturated heterocycles. The maximum absolute atomic E-state index is 5.69. The lowest BCUT2D eigenvalue weighted by Gasteiger charge is -2.25. The number of thioether (sulfide) groups is 1. The molecular weight excluding hydrogens is 228 g/mol. The van der Waals surface area contributed by atoms with Crippen LogP contribution in [0.5, 0.6) is 0 Å². The molecule has 1 rings (SSSR count). The van der Waals surface area contributed by atoms with Gasteiger partial charge in [-0.2, -0.15) is 11.8 Å². The molecule has 0 radical (unpaired) electrons. The Kier molecular flexibility index (Phi) is 7.56. The molecule has 0 amide bonds. The van der Waals surface area contributed by atoms with Crippen molar-refractivity contribution < 1.29 is 0 Å². The molecule has 0 saturated carbocycles. The van der Waals surface area contributed by atoms with Crippen LogP contribution in [0.15, 0.2) is 0 Å². The Morgan fingerprint density at radius 1 is 1.35 bits per heavy atom. The van der Waals surface area contributed by atoms with E-state index in [1.165, 1.54) is 43.7 Å². The molecule has 0 aromatic heterocycles. The minimum absolute atomic E-state index is 0.783. The van der Waals surface area contributed by atoms with Crippen molar-refractivity contribution in [1.82, 2.24) is 4.90 Å². The van der Waals surface area contributed by atoms with Gasteiger partial charge < -0.3 is 10.6 Å². The van der Waals surface area contributed by atoms with Gasteiger partial charge in [-0.05, 0) is 63.4 Å². The lowest BCUT2D eigenvalue weighted by Crippen LogP contribution is -2.32. The summed E-state index contributed by atoms with van der Waals surface area (Å²) in [6, 6.07) is 0.840. The maximum atomic E-state index is 5.69. The zero-order valence-electron chi connectivity index (χ0n) is 11.8. The molecule has 0 aliphatic carbocycles. The van der Waals surface area contributed by atoms with Crippen LogP contribution in [0.4, 0.5) is 0 Å². The Balaban J connectivity index is 2.16. The van der Waals surface area contributed by atoms with Gasteiger partial charge in [-0.1, -0.05) is 13.8 Å². The molecule has 0 aromatic rings. The van der Waals surface area contributed by atoms with E-state index in [1.54, 1.807) is 0 Å². The SMILES string of the molecule is CC(C)C(CCN)CCCN(C)C1CCSC1. The van der Waals surface area contributed by atoms with E-state index in [1.807, 2.05) is 0 Å². The minimum atomic E-state index is 0.783. The van der Waals surface area contributed by atoms with E-state index in [9.17, 15) is 0 Å². The average Bonchev–Trinajstić information content (AvgIpc) is 2.81. The number of hydrogen-bond acceptors (Lipinski definition) is 3. The monoisotopic (exact) mass is 258 g/mol. The van der Waals surface area contributed by atoms with Crippen LogP contribution in [0.2, 0.25) is 0 Å². The molecule has 3 heteroatoms. The highest BCUT2D eigenvalue weighted by molar-refractivity contribution is 7.99. The minimum Gasteiger partial charge on any atom is -0.330 e. The van der Waals surface area contributed by atoms with Crippen molar-refractivity contribution in [3.8, 4) is 0 Å². The van der Waals surface area contributed by atoms with Gasteiger partial charge in [-0.15, -0.1) is 0 Å². The fraction of sp³-hybridized carbons (Fsp3) is 1.00. The van der Waals surface area contributed by atoms with Crippen molar-refractivity contribution in [1.29, 1.82) is 0 Å². The van der Waals surface area contributed by atoms with E-state index in [0.717, 1.165) is 24.4 Å². The van der Waals surface area contributed by atoms with Gasteiger partial charge in [0.1, 0.15) is 0 Å². The molecule has 0 aromatic carbocycles. The third kappa shape index (κ3) is 5.62. The summed E-state index contributed by atoms with van der Waals surface area (Å²) in [5, 5.41) is 0. The Bertz CT molecular complexity index is 191. The van der Waals surface area contributed by atoms with Gasteiger partial charge in [0.15, 0.2) is 0 Å². The second-order valence-electron chi connectivity index (χ2n) is 5.72. The highest BCUT2D eigenvalue weighted by Crippen LogP contribution is 2.23. The Morgan fingerprint density at radius 3 is 2.65 bits per heavy atom. The molecule has 1 heterocycles. The zero-order valence-corrected chi connectivity index (χ0v) is 12.6. The Hall–Kier alpha value is 0.270. The van der Waals surface area contributed by atoms with Crippen LogP contribution in [0.3, 0.4) is 0 Å². The van der Waals surface area contributed by atoms with Crippen LogP contribution in [0.25, 0.3) is 0 Å². The van der Waals surface area contributed by atoms with Crippen molar-refractivity contribution in [2.24, 2.45) is 17.6 Å². The molecule has 0 spiro atoms. The van der Waals surface area contributed by atoms with Crippen LogP contribution in [0, 0.1) is 11.8 Å². The lowest BCUT2D eigenvalue weighted by atomic mass is 9.88. The molecule has 17 heavy (non-hydrogen) atoms. The van der Waals surface area contributed by atoms with Crippen LogP contribution in [0.1, 0.15) is 39.5 Å². The van der Waals surface area contributed by atoms with Gasteiger partial charge in [-0.3, -0.25) is 0 Å². The van der Waals surface area contributed by atoms with Crippen molar-refractivity contribution in [3.05, 3.63) is 0 Å². The maximum Gasteiger partial charge on any atom is 0.0191 e. The van der Waals surface area contributed by atoms with Crippen LogP contribution < -0.4 is 5.73 Å². The molecule has 1 fully saturated rings. The second kappa shape index (κ2) is 8.39. The van der Waals surface area contributed by atoms with E-state index in [-0.39, 0.29) is 0 Å². The van der Waals surface area contributed by atoms with Crippen molar-refractivity contribution in [3.63, 3.8) is 0 Å². The number of nitrogens with zero attached hydrogens (tertiary/aromatic N) is 1. The highest BCUT2D eigenvalue weighted by atomic mass is 32.2. The van der Waals surface area contributed by atoms with Gasteiger partial charge >= 0.3 is 0 Å². The molecule has 2 unspecified atom stereocenters. The van der Waals surface area contributed by atoms with Gasteiger partial charge in [0.05, 0.1) is 0 Å². The number of rotatable bonds is 8. The third-order valence-corrected chi connectivity index (χ3v) is 5.24. The molecule has 2 atom stereocenters. The summed E-state index contributed by atoms with van der Waals surface area (Å²) in [6.45, 7) is 6.77. The zero-order chi connectivity index (χ0) is 12.7. The fourth-order valence-electron chi connectivity index (χ4n) is 2.68. The standard InChI is InChI=1S/C14H30N2S/c1-12(2)13(6-8-15)5-4-9-16(3)14-7-10-17-11-14/h12-14H,4-11,15H2,1-3H3. The predicted octanol–water partition coefficient (Wildman–Crippen LogP) is 2.82. The summed E-state index contributed by atoms with van der Waals surface area (Å²) in [4.78, 5) is 2.57. The summed E-state index contributed by atoms with van der Waals surface area (Å²) in [7, 11) is 2.30. The molecule has 1 aliphatic rings. The molecule has 1 aliphatic heterocycles. The fourth-order valence-corrected chi connectivity index (χ4v) is 3.98. The van der Waals surface area contributed by atoms with E-state index >= 15 is 0 Å². The molecular formula is C14H30N2S. The molecule has 2 nitrogen and oxygen atoms in total. The lowest BCUT2D eigenvalue weighted by molar-refractivity contribution is 0.239. The van der Waals surface area contributed by atoms with Crippen molar-refractivity contribution in [2.45, 2.75) is 45.6 Å².